The maximum atomic E-state index is 13.4. The smallest absolute Gasteiger partial charge is 0.255 e. The lowest BCUT2D eigenvalue weighted by molar-refractivity contribution is 0.0925. The molecule has 2 heterocycles. The number of anilines is 1. The second kappa shape index (κ2) is 8.06. The van der Waals surface area contributed by atoms with Gasteiger partial charge in [0, 0.05) is 43.2 Å². The number of pyridine rings is 1. The monoisotopic (exact) mass is 413 g/mol. The van der Waals surface area contributed by atoms with E-state index in [1.54, 1.807) is 6.20 Å². The van der Waals surface area contributed by atoms with E-state index in [9.17, 15) is 4.79 Å². The SMILES string of the molecule is CN(C)c1c(C(=O)N[C@H]2CCOc3ccccc32)cnc2c(C3=CCCC3)cccc12. The van der Waals surface area contributed by atoms with Crippen LogP contribution in [-0.4, -0.2) is 31.6 Å². The van der Waals surface area contributed by atoms with Crippen molar-refractivity contribution in [3.63, 3.8) is 0 Å². The Hall–Kier alpha value is -3.34. The molecule has 1 aromatic heterocycles. The van der Waals surface area contributed by atoms with Gasteiger partial charge in [-0.3, -0.25) is 9.78 Å². The fourth-order valence-electron chi connectivity index (χ4n) is 4.76. The molecule has 158 valence electrons. The molecule has 0 saturated heterocycles. The molecular formula is C26H27N3O2. The Morgan fingerprint density at radius 1 is 1.16 bits per heavy atom. The molecule has 1 amide bonds. The molecule has 5 rings (SSSR count). The molecular weight excluding hydrogens is 386 g/mol. The van der Waals surface area contributed by atoms with Crippen LogP contribution in [0, 0.1) is 0 Å². The Kier molecular flexibility index (Phi) is 5.10. The molecule has 1 N–H and O–H groups in total. The molecule has 5 nitrogen and oxygen atoms in total. The van der Waals surface area contributed by atoms with Crippen LogP contribution in [0.5, 0.6) is 5.75 Å². The van der Waals surface area contributed by atoms with E-state index in [4.69, 9.17) is 9.72 Å². The summed E-state index contributed by atoms with van der Waals surface area (Å²) in [6.07, 6.45) is 8.20. The molecule has 2 aliphatic rings. The number of carbonyl (C=O) groups excluding carboxylic acids is 1. The number of amides is 1. The number of ether oxygens (including phenoxy) is 1. The van der Waals surface area contributed by atoms with Gasteiger partial charge in [-0.05, 0) is 30.9 Å². The van der Waals surface area contributed by atoms with Crippen molar-refractivity contribution >= 4 is 28.1 Å². The van der Waals surface area contributed by atoms with E-state index in [0.29, 0.717) is 12.2 Å². The molecule has 1 atom stereocenters. The standard InChI is InChI=1S/C26H27N3O2/c1-29(2)25-20-12-7-11-18(17-8-3-4-9-17)24(20)27-16-21(25)26(30)28-22-14-15-31-23-13-6-5-10-19(22)23/h5-8,10-13,16,22H,3-4,9,14-15H2,1-2H3,(H,28,30)/t22-/m0/s1. The number of hydrogen-bond acceptors (Lipinski definition) is 4. The fraction of sp³-hybridized carbons (Fsp3) is 0.308. The maximum Gasteiger partial charge on any atom is 0.255 e. The molecule has 0 saturated carbocycles. The van der Waals surface area contributed by atoms with Crippen LogP contribution in [0.15, 0.2) is 54.7 Å². The lowest BCUT2D eigenvalue weighted by atomic mass is 9.98. The molecule has 3 aromatic rings. The summed E-state index contributed by atoms with van der Waals surface area (Å²) in [5.41, 5.74) is 6.04. The van der Waals surface area contributed by atoms with Crippen LogP contribution in [0.3, 0.4) is 0 Å². The first-order valence-corrected chi connectivity index (χ1v) is 10.9. The Morgan fingerprint density at radius 2 is 2.03 bits per heavy atom. The third-order valence-corrected chi connectivity index (χ3v) is 6.21. The second-order valence-electron chi connectivity index (χ2n) is 8.44. The van der Waals surface area contributed by atoms with Gasteiger partial charge in [-0.25, -0.2) is 0 Å². The summed E-state index contributed by atoms with van der Waals surface area (Å²) in [6, 6.07) is 14.1. The Morgan fingerprint density at radius 3 is 2.84 bits per heavy atom. The van der Waals surface area contributed by atoms with Crippen LogP contribution in [0.1, 0.15) is 53.2 Å². The van der Waals surface area contributed by atoms with Crippen molar-refractivity contribution in [2.75, 3.05) is 25.6 Å². The van der Waals surface area contributed by atoms with Crippen LogP contribution in [0.25, 0.3) is 16.5 Å². The molecule has 31 heavy (non-hydrogen) atoms. The molecule has 0 spiro atoms. The van der Waals surface area contributed by atoms with E-state index >= 15 is 0 Å². The molecule has 2 aromatic carbocycles. The minimum atomic E-state index is -0.106. The highest BCUT2D eigenvalue weighted by Gasteiger charge is 2.26. The van der Waals surface area contributed by atoms with E-state index in [-0.39, 0.29) is 11.9 Å². The van der Waals surface area contributed by atoms with Crippen LogP contribution in [0.2, 0.25) is 0 Å². The second-order valence-corrected chi connectivity index (χ2v) is 8.44. The van der Waals surface area contributed by atoms with Crippen molar-refractivity contribution in [1.82, 2.24) is 10.3 Å². The zero-order valence-electron chi connectivity index (χ0n) is 18.0. The largest absolute Gasteiger partial charge is 0.493 e. The number of hydrogen-bond donors (Lipinski definition) is 1. The van der Waals surface area contributed by atoms with Gasteiger partial charge in [0.25, 0.3) is 5.91 Å². The number of rotatable bonds is 4. The number of nitrogens with one attached hydrogen (secondary N) is 1. The number of fused-ring (bicyclic) bond motifs is 2. The molecule has 0 bridgehead atoms. The quantitative estimate of drug-likeness (QED) is 0.645. The van der Waals surface area contributed by atoms with Crippen LogP contribution in [0.4, 0.5) is 5.69 Å². The van der Waals surface area contributed by atoms with E-state index < -0.39 is 0 Å². The summed E-state index contributed by atoms with van der Waals surface area (Å²) < 4.78 is 5.75. The van der Waals surface area contributed by atoms with Crippen molar-refractivity contribution < 1.29 is 9.53 Å². The van der Waals surface area contributed by atoms with E-state index in [1.165, 1.54) is 17.6 Å². The lowest BCUT2D eigenvalue weighted by Gasteiger charge is -2.27. The third kappa shape index (κ3) is 3.54. The highest BCUT2D eigenvalue weighted by Crippen LogP contribution is 2.37. The number of aromatic nitrogens is 1. The number of para-hydroxylation sites is 2. The summed E-state index contributed by atoms with van der Waals surface area (Å²) in [6.45, 7) is 0.594. The lowest BCUT2D eigenvalue weighted by Crippen LogP contribution is -2.33. The van der Waals surface area contributed by atoms with E-state index in [2.05, 4.69) is 29.6 Å². The Bertz CT molecular complexity index is 1180. The van der Waals surface area contributed by atoms with Gasteiger partial charge in [0.15, 0.2) is 0 Å². The van der Waals surface area contributed by atoms with Gasteiger partial charge in [-0.2, -0.15) is 0 Å². The normalized spacial score (nSPS) is 17.6. The van der Waals surface area contributed by atoms with Gasteiger partial charge in [-0.15, -0.1) is 0 Å². The number of carbonyl (C=O) groups is 1. The molecule has 0 fully saturated rings. The Balaban J connectivity index is 1.54. The van der Waals surface area contributed by atoms with Crippen molar-refractivity contribution in [2.24, 2.45) is 0 Å². The highest BCUT2D eigenvalue weighted by molar-refractivity contribution is 6.09. The summed E-state index contributed by atoms with van der Waals surface area (Å²) >= 11 is 0. The highest BCUT2D eigenvalue weighted by atomic mass is 16.5. The van der Waals surface area contributed by atoms with Crippen molar-refractivity contribution in [3.8, 4) is 5.75 Å². The Labute approximate surface area is 182 Å². The van der Waals surface area contributed by atoms with Crippen LogP contribution in [-0.2, 0) is 0 Å². The molecule has 0 radical (unpaired) electrons. The van der Waals surface area contributed by atoms with Gasteiger partial charge in [-0.1, -0.05) is 42.5 Å². The van der Waals surface area contributed by atoms with Crippen molar-refractivity contribution in [2.45, 2.75) is 31.7 Å². The zero-order valence-corrected chi connectivity index (χ0v) is 18.0. The predicted molar refractivity (Wildman–Crippen MR) is 125 cm³/mol. The molecule has 0 unspecified atom stereocenters. The summed E-state index contributed by atoms with van der Waals surface area (Å²) in [5.74, 6) is 0.739. The molecule has 5 heteroatoms. The van der Waals surface area contributed by atoms with Crippen LogP contribution >= 0.6 is 0 Å². The van der Waals surface area contributed by atoms with Crippen molar-refractivity contribution in [1.29, 1.82) is 0 Å². The maximum absolute atomic E-state index is 13.4. The summed E-state index contributed by atoms with van der Waals surface area (Å²) in [5, 5.41) is 4.23. The summed E-state index contributed by atoms with van der Waals surface area (Å²) in [4.78, 5) is 20.2. The van der Waals surface area contributed by atoms with Crippen molar-refractivity contribution in [3.05, 3.63) is 71.4 Å². The topological polar surface area (TPSA) is 54.5 Å². The first-order valence-electron chi connectivity index (χ1n) is 10.9. The predicted octanol–water partition coefficient (Wildman–Crippen LogP) is 5.12. The average Bonchev–Trinajstić information content (AvgIpc) is 3.32. The minimum absolute atomic E-state index is 0.0712. The van der Waals surface area contributed by atoms with E-state index in [0.717, 1.165) is 47.2 Å². The number of nitrogens with zero attached hydrogens (tertiary/aromatic N) is 2. The van der Waals surface area contributed by atoms with Gasteiger partial charge < -0.3 is 15.0 Å². The first kappa shape index (κ1) is 19.6. The van der Waals surface area contributed by atoms with E-state index in [1.807, 2.05) is 43.3 Å². The summed E-state index contributed by atoms with van der Waals surface area (Å²) in [7, 11) is 3.97. The minimum Gasteiger partial charge on any atom is -0.493 e. The average molecular weight is 414 g/mol. The van der Waals surface area contributed by atoms with Gasteiger partial charge in [0.1, 0.15) is 5.75 Å². The van der Waals surface area contributed by atoms with Gasteiger partial charge in [0.05, 0.1) is 29.4 Å². The van der Waals surface area contributed by atoms with Crippen LogP contribution < -0.4 is 15.0 Å². The molecule has 1 aliphatic carbocycles. The first-order chi connectivity index (χ1) is 15.1. The van der Waals surface area contributed by atoms with Gasteiger partial charge >= 0.3 is 0 Å². The number of allylic oxidation sites excluding steroid dienone is 2. The number of benzene rings is 2. The third-order valence-electron chi connectivity index (χ3n) is 6.21. The molecule has 1 aliphatic heterocycles. The fourth-order valence-corrected chi connectivity index (χ4v) is 4.76. The van der Waals surface area contributed by atoms with Gasteiger partial charge in [0.2, 0.25) is 0 Å². The zero-order chi connectivity index (χ0) is 21.4.